The Hall–Kier alpha value is -1.52. The first-order valence-corrected chi connectivity index (χ1v) is 6.69. The highest BCUT2D eigenvalue weighted by Gasteiger charge is 2.09. The van der Waals surface area contributed by atoms with E-state index < -0.39 is 6.10 Å². The van der Waals surface area contributed by atoms with E-state index in [0.29, 0.717) is 17.2 Å². The van der Waals surface area contributed by atoms with Crippen molar-refractivity contribution < 1.29 is 14.6 Å². The lowest BCUT2D eigenvalue weighted by atomic mass is 10.1. The van der Waals surface area contributed by atoms with E-state index in [0.717, 1.165) is 10.0 Å². The quantitative estimate of drug-likeness (QED) is 0.911. The van der Waals surface area contributed by atoms with Crippen LogP contribution in [0.25, 0.3) is 0 Å². The van der Waals surface area contributed by atoms with Crippen molar-refractivity contribution in [2.24, 2.45) is 0 Å². The summed E-state index contributed by atoms with van der Waals surface area (Å²) in [4.78, 5) is 0. The van der Waals surface area contributed by atoms with Crippen molar-refractivity contribution in [2.45, 2.75) is 13.0 Å². The molecule has 0 heterocycles. The van der Waals surface area contributed by atoms with Crippen LogP contribution in [0.1, 0.15) is 18.6 Å². The van der Waals surface area contributed by atoms with Gasteiger partial charge in [-0.25, -0.2) is 0 Å². The van der Waals surface area contributed by atoms with Crippen molar-refractivity contribution >= 4 is 15.9 Å². The maximum Gasteiger partial charge on any atom is 0.169 e. The van der Waals surface area contributed by atoms with Crippen LogP contribution in [-0.4, -0.2) is 12.2 Å². The third kappa shape index (κ3) is 3.28. The van der Waals surface area contributed by atoms with Gasteiger partial charge in [-0.15, -0.1) is 0 Å². The van der Waals surface area contributed by atoms with Gasteiger partial charge in [0.15, 0.2) is 11.5 Å². The van der Waals surface area contributed by atoms with Crippen LogP contribution in [0.5, 0.6) is 17.2 Å². The van der Waals surface area contributed by atoms with Gasteiger partial charge in [-0.2, -0.15) is 0 Å². The van der Waals surface area contributed by atoms with Gasteiger partial charge in [-0.05, 0) is 52.7 Å². The van der Waals surface area contributed by atoms with E-state index in [2.05, 4.69) is 15.9 Å². The molecule has 1 N–H and O–H groups in total. The minimum atomic E-state index is -0.503. The Morgan fingerprint density at radius 3 is 2.32 bits per heavy atom. The van der Waals surface area contributed by atoms with Gasteiger partial charge in [0.1, 0.15) is 5.75 Å². The minimum Gasteiger partial charge on any atom is -0.493 e. The zero-order chi connectivity index (χ0) is 13.8. The molecular formula is C15H15BrO3. The van der Waals surface area contributed by atoms with Crippen LogP contribution in [0.15, 0.2) is 46.9 Å². The first-order valence-electron chi connectivity index (χ1n) is 5.90. The molecule has 4 heteroatoms. The molecule has 0 radical (unpaired) electrons. The predicted molar refractivity (Wildman–Crippen MR) is 77.8 cm³/mol. The summed E-state index contributed by atoms with van der Waals surface area (Å²) in [6.07, 6.45) is -0.503. The maximum absolute atomic E-state index is 9.53. The highest BCUT2D eigenvalue weighted by molar-refractivity contribution is 9.10. The first kappa shape index (κ1) is 13.9. The normalized spacial score (nSPS) is 12.0. The molecule has 2 aromatic rings. The van der Waals surface area contributed by atoms with E-state index in [1.807, 2.05) is 42.5 Å². The van der Waals surface area contributed by atoms with Gasteiger partial charge in [0.05, 0.1) is 17.7 Å². The molecule has 100 valence electrons. The molecule has 0 aromatic heterocycles. The van der Waals surface area contributed by atoms with Crippen LogP contribution in [0, 0.1) is 0 Å². The lowest BCUT2D eigenvalue weighted by Gasteiger charge is -2.12. The lowest BCUT2D eigenvalue weighted by molar-refractivity contribution is 0.199. The fourth-order valence-electron chi connectivity index (χ4n) is 1.68. The Labute approximate surface area is 120 Å². The third-order valence-electron chi connectivity index (χ3n) is 2.73. The SMILES string of the molecule is COc1ccccc1Oc1ccc(C(C)O)cc1Br. The van der Waals surface area contributed by atoms with Gasteiger partial charge in [0, 0.05) is 0 Å². The van der Waals surface area contributed by atoms with Crippen LogP contribution in [-0.2, 0) is 0 Å². The molecule has 2 rings (SSSR count). The second kappa shape index (κ2) is 6.08. The number of hydrogen-bond acceptors (Lipinski definition) is 3. The van der Waals surface area contributed by atoms with Gasteiger partial charge >= 0.3 is 0 Å². The van der Waals surface area contributed by atoms with Crippen LogP contribution >= 0.6 is 15.9 Å². The molecule has 0 fully saturated rings. The molecule has 0 amide bonds. The number of benzene rings is 2. The van der Waals surface area contributed by atoms with E-state index in [4.69, 9.17) is 9.47 Å². The summed E-state index contributed by atoms with van der Waals surface area (Å²) >= 11 is 3.44. The van der Waals surface area contributed by atoms with Gasteiger partial charge in [-0.3, -0.25) is 0 Å². The van der Waals surface area contributed by atoms with Crippen molar-refractivity contribution in [1.29, 1.82) is 0 Å². The Bertz CT molecular complexity index is 567. The monoisotopic (exact) mass is 322 g/mol. The van der Waals surface area contributed by atoms with Crippen molar-refractivity contribution in [2.75, 3.05) is 7.11 Å². The Morgan fingerprint density at radius 2 is 1.74 bits per heavy atom. The summed E-state index contributed by atoms with van der Waals surface area (Å²) in [5, 5.41) is 9.53. The van der Waals surface area contributed by atoms with E-state index >= 15 is 0 Å². The Morgan fingerprint density at radius 1 is 1.05 bits per heavy atom. The molecule has 1 atom stereocenters. The van der Waals surface area contributed by atoms with E-state index in [-0.39, 0.29) is 0 Å². The van der Waals surface area contributed by atoms with Crippen molar-refractivity contribution in [1.82, 2.24) is 0 Å². The van der Waals surface area contributed by atoms with Crippen LogP contribution in [0.2, 0.25) is 0 Å². The fraction of sp³-hybridized carbons (Fsp3) is 0.200. The number of methoxy groups -OCH3 is 1. The summed E-state index contributed by atoms with van der Waals surface area (Å²) in [7, 11) is 1.60. The summed E-state index contributed by atoms with van der Waals surface area (Å²) < 4.78 is 11.8. The molecule has 0 aliphatic heterocycles. The van der Waals surface area contributed by atoms with E-state index in [1.165, 1.54) is 0 Å². The van der Waals surface area contributed by atoms with Crippen molar-refractivity contribution in [3.8, 4) is 17.2 Å². The summed E-state index contributed by atoms with van der Waals surface area (Å²) in [5.74, 6) is 2.00. The summed E-state index contributed by atoms with van der Waals surface area (Å²) in [5.41, 5.74) is 0.833. The fourth-order valence-corrected chi connectivity index (χ4v) is 2.16. The smallest absolute Gasteiger partial charge is 0.169 e. The molecular weight excluding hydrogens is 308 g/mol. The molecule has 3 nitrogen and oxygen atoms in total. The average Bonchev–Trinajstić information content (AvgIpc) is 2.41. The number of rotatable bonds is 4. The Balaban J connectivity index is 2.28. The molecule has 0 saturated heterocycles. The highest BCUT2D eigenvalue weighted by atomic mass is 79.9. The van der Waals surface area contributed by atoms with E-state index in [1.54, 1.807) is 14.0 Å². The number of aliphatic hydroxyl groups is 1. The molecule has 2 aromatic carbocycles. The average molecular weight is 323 g/mol. The molecule has 0 spiro atoms. The zero-order valence-corrected chi connectivity index (χ0v) is 12.3. The topological polar surface area (TPSA) is 38.7 Å². The van der Waals surface area contributed by atoms with Crippen LogP contribution in [0.3, 0.4) is 0 Å². The van der Waals surface area contributed by atoms with Crippen LogP contribution in [0.4, 0.5) is 0 Å². The standard InChI is InChI=1S/C15H15BrO3/c1-10(17)11-7-8-13(12(16)9-11)19-15-6-4-3-5-14(15)18-2/h3-10,17H,1-2H3. The number of para-hydroxylation sites is 2. The highest BCUT2D eigenvalue weighted by Crippen LogP contribution is 2.35. The first-order chi connectivity index (χ1) is 9.11. The van der Waals surface area contributed by atoms with Gasteiger partial charge in [0.2, 0.25) is 0 Å². The molecule has 0 aliphatic carbocycles. The maximum atomic E-state index is 9.53. The van der Waals surface area contributed by atoms with Crippen molar-refractivity contribution in [3.05, 3.63) is 52.5 Å². The van der Waals surface area contributed by atoms with E-state index in [9.17, 15) is 5.11 Å². The molecule has 0 saturated carbocycles. The lowest BCUT2D eigenvalue weighted by Crippen LogP contribution is -1.93. The molecule has 0 bridgehead atoms. The number of hydrogen-bond donors (Lipinski definition) is 1. The number of aliphatic hydroxyl groups excluding tert-OH is 1. The molecule has 19 heavy (non-hydrogen) atoms. The van der Waals surface area contributed by atoms with Crippen molar-refractivity contribution in [3.63, 3.8) is 0 Å². The number of halogens is 1. The Kier molecular flexibility index (Phi) is 4.45. The summed E-state index contributed by atoms with van der Waals surface area (Å²) in [6, 6.07) is 12.9. The second-order valence-corrected chi connectivity index (χ2v) is 4.97. The van der Waals surface area contributed by atoms with Gasteiger partial charge < -0.3 is 14.6 Å². The predicted octanol–water partition coefficient (Wildman–Crippen LogP) is 4.30. The zero-order valence-electron chi connectivity index (χ0n) is 10.8. The largest absolute Gasteiger partial charge is 0.493 e. The second-order valence-electron chi connectivity index (χ2n) is 4.12. The van der Waals surface area contributed by atoms with Gasteiger partial charge in [-0.1, -0.05) is 18.2 Å². The van der Waals surface area contributed by atoms with Crippen LogP contribution < -0.4 is 9.47 Å². The number of ether oxygens (including phenoxy) is 2. The van der Waals surface area contributed by atoms with Gasteiger partial charge in [0.25, 0.3) is 0 Å². The summed E-state index contributed by atoms with van der Waals surface area (Å²) in [6.45, 7) is 1.72. The molecule has 1 unspecified atom stereocenters. The molecule has 0 aliphatic rings. The minimum absolute atomic E-state index is 0.503. The third-order valence-corrected chi connectivity index (χ3v) is 3.35.